The van der Waals surface area contributed by atoms with E-state index in [-0.39, 0.29) is 23.9 Å². The van der Waals surface area contributed by atoms with Gasteiger partial charge in [0.1, 0.15) is 5.00 Å². The second-order valence-electron chi connectivity index (χ2n) is 7.24. The molecule has 0 aliphatic carbocycles. The van der Waals surface area contributed by atoms with Gasteiger partial charge in [-0.2, -0.15) is 5.10 Å². The van der Waals surface area contributed by atoms with E-state index in [1.807, 2.05) is 36.7 Å². The summed E-state index contributed by atoms with van der Waals surface area (Å²) in [7, 11) is 6.37. The summed E-state index contributed by atoms with van der Waals surface area (Å²) in [5.74, 6) is -1.11. The quantitative estimate of drug-likeness (QED) is 0.638. The number of carbonyl (C=O) groups excluding carboxylic acids is 3. The highest BCUT2D eigenvalue weighted by molar-refractivity contribution is 7.18. The number of likely N-dealkylation sites (N-methyl/N-ethyl adjacent to an activating group) is 1. The van der Waals surface area contributed by atoms with Crippen molar-refractivity contribution in [1.29, 1.82) is 0 Å². The SMILES string of the molecule is CCn1ncc(CN(C)CC(=O)Nc2sc(C(=O)N(C)C)c(C)c2C(=O)OC)c1C. The molecular formula is C20H29N5O4S. The van der Waals surface area contributed by atoms with Gasteiger partial charge in [0.2, 0.25) is 5.91 Å². The van der Waals surface area contributed by atoms with Gasteiger partial charge in [-0.15, -0.1) is 11.3 Å². The van der Waals surface area contributed by atoms with Gasteiger partial charge in [0.25, 0.3) is 5.91 Å². The van der Waals surface area contributed by atoms with Crippen LogP contribution in [0, 0.1) is 13.8 Å². The molecule has 0 atom stereocenters. The number of aromatic nitrogens is 2. The van der Waals surface area contributed by atoms with E-state index in [0.717, 1.165) is 29.1 Å². The van der Waals surface area contributed by atoms with Gasteiger partial charge in [-0.3, -0.25) is 19.2 Å². The molecule has 2 aromatic heterocycles. The molecule has 0 unspecified atom stereocenters. The maximum Gasteiger partial charge on any atom is 0.341 e. The number of nitrogens with zero attached hydrogens (tertiary/aromatic N) is 4. The number of amides is 2. The first kappa shape index (κ1) is 23.6. The van der Waals surface area contributed by atoms with Crippen LogP contribution in [0.5, 0.6) is 0 Å². The van der Waals surface area contributed by atoms with Crippen LogP contribution in [0.3, 0.4) is 0 Å². The Balaban J connectivity index is 2.16. The van der Waals surface area contributed by atoms with Crippen molar-refractivity contribution in [2.24, 2.45) is 0 Å². The average molecular weight is 436 g/mol. The number of esters is 1. The Hall–Kier alpha value is -2.72. The highest BCUT2D eigenvalue weighted by atomic mass is 32.1. The largest absolute Gasteiger partial charge is 0.465 e. The number of anilines is 1. The van der Waals surface area contributed by atoms with Gasteiger partial charge in [-0.05, 0) is 33.4 Å². The Morgan fingerprint density at radius 3 is 2.43 bits per heavy atom. The third-order valence-corrected chi connectivity index (χ3v) is 5.94. The highest BCUT2D eigenvalue weighted by Gasteiger charge is 2.27. The van der Waals surface area contributed by atoms with Crippen molar-refractivity contribution in [1.82, 2.24) is 19.6 Å². The second kappa shape index (κ2) is 9.86. The van der Waals surface area contributed by atoms with Crippen molar-refractivity contribution in [3.8, 4) is 0 Å². The number of thiophene rings is 1. The molecule has 0 aliphatic heterocycles. The molecule has 30 heavy (non-hydrogen) atoms. The van der Waals surface area contributed by atoms with Gasteiger partial charge in [0.15, 0.2) is 0 Å². The molecule has 0 saturated carbocycles. The third kappa shape index (κ3) is 5.06. The summed E-state index contributed by atoms with van der Waals surface area (Å²) < 4.78 is 6.76. The summed E-state index contributed by atoms with van der Waals surface area (Å²) in [5, 5.41) is 7.41. The van der Waals surface area contributed by atoms with Crippen molar-refractivity contribution >= 4 is 34.1 Å². The Morgan fingerprint density at radius 1 is 1.23 bits per heavy atom. The Kier molecular flexibility index (Phi) is 7.74. The van der Waals surface area contributed by atoms with Crippen molar-refractivity contribution < 1.29 is 19.1 Å². The predicted molar refractivity (Wildman–Crippen MR) is 116 cm³/mol. The fraction of sp³-hybridized carbons (Fsp3) is 0.500. The molecule has 0 aliphatic rings. The van der Waals surface area contributed by atoms with E-state index in [1.54, 1.807) is 21.0 Å². The average Bonchev–Trinajstić information content (AvgIpc) is 3.19. The fourth-order valence-electron chi connectivity index (χ4n) is 3.07. The van der Waals surface area contributed by atoms with Gasteiger partial charge in [-0.1, -0.05) is 0 Å². The van der Waals surface area contributed by atoms with Gasteiger partial charge in [0, 0.05) is 38.4 Å². The lowest BCUT2D eigenvalue weighted by Crippen LogP contribution is -2.30. The maximum atomic E-state index is 12.6. The Labute approximate surface area is 180 Å². The van der Waals surface area contributed by atoms with Crippen molar-refractivity contribution in [3.05, 3.63) is 33.5 Å². The minimum Gasteiger partial charge on any atom is -0.465 e. The lowest BCUT2D eigenvalue weighted by Gasteiger charge is -2.16. The maximum absolute atomic E-state index is 12.6. The molecule has 0 bridgehead atoms. The topological polar surface area (TPSA) is 96.8 Å². The molecule has 0 spiro atoms. The van der Waals surface area contributed by atoms with Crippen LogP contribution in [0.1, 0.15) is 43.8 Å². The number of rotatable bonds is 8. The first-order valence-electron chi connectivity index (χ1n) is 9.53. The number of hydrogen-bond donors (Lipinski definition) is 1. The molecule has 2 aromatic rings. The van der Waals surface area contributed by atoms with E-state index in [4.69, 9.17) is 4.74 Å². The first-order chi connectivity index (χ1) is 14.1. The van der Waals surface area contributed by atoms with E-state index >= 15 is 0 Å². The molecule has 1 N–H and O–H groups in total. The molecule has 164 valence electrons. The van der Waals surface area contributed by atoms with E-state index in [1.165, 1.54) is 12.0 Å². The number of ether oxygens (including phenoxy) is 1. The molecule has 9 nitrogen and oxygen atoms in total. The molecule has 10 heteroatoms. The van der Waals surface area contributed by atoms with Crippen LogP contribution in [0.2, 0.25) is 0 Å². The van der Waals surface area contributed by atoms with Crippen LogP contribution in [-0.4, -0.2) is 72.2 Å². The summed E-state index contributed by atoms with van der Waals surface area (Å²) in [6.45, 7) is 7.17. The molecule has 2 rings (SSSR count). The van der Waals surface area contributed by atoms with E-state index in [2.05, 4.69) is 10.4 Å². The van der Waals surface area contributed by atoms with Crippen LogP contribution < -0.4 is 5.32 Å². The van der Waals surface area contributed by atoms with Crippen molar-refractivity contribution in [2.45, 2.75) is 33.9 Å². The Bertz CT molecular complexity index is 947. The van der Waals surface area contributed by atoms with Gasteiger partial charge in [0.05, 0.1) is 30.3 Å². The highest BCUT2D eigenvalue weighted by Crippen LogP contribution is 2.34. The summed E-state index contributed by atoms with van der Waals surface area (Å²) in [4.78, 5) is 41.0. The van der Waals surface area contributed by atoms with Crippen LogP contribution >= 0.6 is 11.3 Å². The molecule has 2 heterocycles. The van der Waals surface area contributed by atoms with Gasteiger partial charge in [-0.25, -0.2) is 4.79 Å². The summed E-state index contributed by atoms with van der Waals surface area (Å²) >= 11 is 1.08. The second-order valence-corrected chi connectivity index (χ2v) is 8.26. The lowest BCUT2D eigenvalue weighted by molar-refractivity contribution is -0.117. The number of aryl methyl sites for hydroxylation is 1. The molecular weight excluding hydrogens is 406 g/mol. The predicted octanol–water partition coefficient (Wildman–Crippen LogP) is 2.14. The van der Waals surface area contributed by atoms with Crippen molar-refractivity contribution in [3.63, 3.8) is 0 Å². The normalized spacial score (nSPS) is 10.9. The van der Waals surface area contributed by atoms with Crippen LogP contribution in [0.15, 0.2) is 6.20 Å². The monoisotopic (exact) mass is 435 g/mol. The molecule has 2 amide bonds. The smallest absolute Gasteiger partial charge is 0.341 e. The molecule has 0 fully saturated rings. The standard InChI is InChI=1S/C20H29N5O4S/c1-8-25-13(3)14(9-21-25)10-24(6)11-15(26)22-18-16(20(28)29-7)12(2)17(30-18)19(27)23(4)5/h9H,8,10-11H2,1-7H3,(H,22,26). The van der Waals surface area contributed by atoms with Gasteiger partial charge < -0.3 is 15.0 Å². The third-order valence-electron chi connectivity index (χ3n) is 4.75. The first-order valence-corrected chi connectivity index (χ1v) is 10.3. The molecule has 0 radical (unpaired) electrons. The van der Waals surface area contributed by atoms with E-state index < -0.39 is 5.97 Å². The van der Waals surface area contributed by atoms with Crippen LogP contribution in [-0.2, 0) is 22.6 Å². The van der Waals surface area contributed by atoms with E-state index in [0.29, 0.717) is 22.0 Å². The number of carbonyl (C=O) groups is 3. The lowest BCUT2D eigenvalue weighted by atomic mass is 10.1. The van der Waals surface area contributed by atoms with Crippen LogP contribution in [0.25, 0.3) is 0 Å². The zero-order valence-electron chi connectivity index (χ0n) is 18.5. The van der Waals surface area contributed by atoms with E-state index in [9.17, 15) is 14.4 Å². The summed E-state index contributed by atoms with van der Waals surface area (Å²) in [6.07, 6.45) is 1.81. The Morgan fingerprint density at radius 2 is 1.90 bits per heavy atom. The van der Waals surface area contributed by atoms with Crippen LogP contribution in [0.4, 0.5) is 5.00 Å². The number of hydrogen-bond acceptors (Lipinski definition) is 7. The number of nitrogens with one attached hydrogen (secondary N) is 1. The summed E-state index contributed by atoms with van der Waals surface area (Å²) in [5.41, 5.74) is 2.83. The zero-order chi connectivity index (χ0) is 22.6. The van der Waals surface area contributed by atoms with Crippen molar-refractivity contribution in [2.75, 3.05) is 40.1 Å². The number of methoxy groups -OCH3 is 1. The van der Waals surface area contributed by atoms with Gasteiger partial charge >= 0.3 is 5.97 Å². The summed E-state index contributed by atoms with van der Waals surface area (Å²) in [6, 6.07) is 0. The molecule has 0 aromatic carbocycles. The molecule has 0 saturated heterocycles. The minimum atomic E-state index is -0.590. The minimum absolute atomic E-state index is 0.116. The zero-order valence-corrected chi connectivity index (χ0v) is 19.3. The fourth-order valence-corrected chi connectivity index (χ4v) is 4.31.